The molecule has 0 bridgehead atoms. The number of carbonyl (C=O) groups excluding carboxylic acids is 1. The molecule has 1 saturated heterocycles. The largest absolute Gasteiger partial charge is 0.347 e. The van der Waals surface area contributed by atoms with Crippen LogP contribution in [0.25, 0.3) is 10.8 Å². The molecule has 5 heteroatoms. The number of piperidine rings is 1. The third-order valence-electron chi connectivity index (χ3n) is 5.41. The standard InChI is InChI=1S/C22H26N4O/c1-16-12-21(24-25(16)2)22(27)23-20-8-5-11-26(15-20)14-17-9-10-18-6-3-4-7-19(18)13-17/h3-4,6-7,9-10,12-13,20H,5,8,11,14-15H2,1-2H3,(H,23,27). The second kappa shape index (κ2) is 7.53. The lowest BCUT2D eigenvalue weighted by molar-refractivity contribution is 0.0895. The van der Waals surface area contributed by atoms with Crippen molar-refractivity contribution in [2.75, 3.05) is 13.1 Å². The molecule has 1 aromatic heterocycles. The van der Waals surface area contributed by atoms with E-state index < -0.39 is 0 Å². The Morgan fingerprint density at radius 3 is 2.78 bits per heavy atom. The molecular weight excluding hydrogens is 336 g/mol. The molecule has 27 heavy (non-hydrogen) atoms. The predicted molar refractivity (Wildman–Crippen MR) is 108 cm³/mol. The number of carbonyl (C=O) groups is 1. The van der Waals surface area contributed by atoms with Gasteiger partial charge in [-0.3, -0.25) is 14.4 Å². The van der Waals surface area contributed by atoms with Gasteiger partial charge in [-0.2, -0.15) is 5.10 Å². The molecule has 0 spiro atoms. The van der Waals surface area contributed by atoms with Gasteiger partial charge in [0.2, 0.25) is 0 Å². The summed E-state index contributed by atoms with van der Waals surface area (Å²) in [6.45, 7) is 4.82. The molecule has 1 atom stereocenters. The van der Waals surface area contributed by atoms with Crippen LogP contribution in [-0.2, 0) is 13.6 Å². The maximum absolute atomic E-state index is 12.5. The van der Waals surface area contributed by atoms with E-state index in [0.29, 0.717) is 5.69 Å². The van der Waals surface area contributed by atoms with Crippen LogP contribution in [-0.4, -0.2) is 39.7 Å². The summed E-state index contributed by atoms with van der Waals surface area (Å²) >= 11 is 0. The van der Waals surface area contributed by atoms with E-state index in [0.717, 1.165) is 38.2 Å². The number of rotatable bonds is 4. The van der Waals surface area contributed by atoms with Crippen molar-refractivity contribution in [2.24, 2.45) is 7.05 Å². The lowest BCUT2D eigenvalue weighted by atomic mass is 10.0. The SMILES string of the molecule is Cc1cc(C(=O)NC2CCCN(Cc3ccc4ccccc4c3)C2)nn1C. The Hall–Kier alpha value is -2.66. The van der Waals surface area contributed by atoms with Crippen molar-refractivity contribution in [3.8, 4) is 0 Å². The lowest BCUT2D eigenvalue weighted by Gasteiger charge is -2.33. The summed E-state index contributed by atoms with van der Waals surface area (Å²) in [4.78, 5) is 14.9. The zero-order valence-electron chi connectivity index (χ0n) is 16.0. The van der Waals surface area contributed by atoms with Crippen molar-refractivity contribution in [2.45, 2.75) is 32.4 Å². The van der Waals surface area contributed by atoms with Gasteiger partial charge >= 0.3 is 0 Å². The zero-order chi connectivity index (χ0) is 18.8. The smallest absolute Gasteiger partial charge is 0.272 e. The number of nitrogens with zero attached hydrogens (tertiary/aromatic N) is 3. The summed E-state index contributed by atoms with van der Waals surface area (Å²) in [5, 5.41) is 10.0. The summed E-state index contributed by atoms with van der Waals surface area (Å²) in [5.74, 6) is -0.0729. The summed E-state index contributed by atoms with van der Waals surface area (Å²) < 4.78 is 1.74. The molecule has 3 aromatic rings. The molecular formula is C22H26N4O. The van der Waals surface area contributed by atoms with Crippen LogP contribution in [0.2, 0.25) is 0 Å². The number of fused-ring (bicyclic) bond motifs is 1. The molecule has 0 radical (unpaired) electrons. The monoisotopic (exact) mass is 362 g/mol. The maximum atomic E-state index is 12.5. The van der Waals surface area contributed by atoms with E-state index in [2.05, 4.69) is 57.8 Å². The van der Waals surface area contributed by atoms with Gasteiger partial charge in [-0.15, -0.1) is 0 Å². The third-order valence-corrected chi connectivity index (χ3v) is 5.41. The van der Waals surface area contributed by atoms with Crippen molar-refractivity contribution in [3.63, 3.8) is 0 Å². The Labute approximate surface area is 160 Å². The minimum Gasteiger partial charge on any atom is -0.347 e. The fourth-order valence-corrected chi connectivity index (χ4v) is 3.84. The van der Waals surface area contributed by atoms with Crippen molar-refractivity contribution >= 4 is 16.7 Å². The number of hydrogen-bond acceptors (Lipinski definition) is 3. The van der Waals surface area contributed by atoms with Gasteiger partial charge in [0.05, 0.1) is 0 Å². The molecule has 1 amide bonds. The zero-order valence-corrected chi connectivity index (χ0v) is 16.0. The summed E-state index contributed by atoms with van der Waals surface area (Å²) in [7, 11) is 1.86. The second-order valence-electron chi connectivity index (χ2n) is 7.52. The van der Waals surface area contributed by atoms with E-state index in [1.54, 1.807) is 4.68 Å². The summed E-state index contributed by atoms with van der Waals surface area (Å²) in [6.07, 6.45) is 2.12. The van der Waals surface area contributed by atoms with Crippen LogP contribution >= 0.6 is 0 Å². The van der Waals surface area contributed by atoms with Gasteiger partial charge in [0.1, 0.15) is 5.69 Å². The highest BCUT2D eigenvalue weighted by atomic mass is 16.2. The Morgan fingerprint density at radius 2 is 2.00 bits per heavy atom. The highest BCUT2D eigenvalue weighted by Gasteiger charge is 2.23. The highest BCUT2D eigenvalue weighted by Crippen LogP contribution is 2.19. The van der Waals surface area contributed by atoms with E-state index in [1.807, 2.05) is 20.0 Å². The average Bonchev–Trinajstić information content (AvgIpc) is 3.01. The Kier molecular flexibility index (Phi) is 4.94. The van der Waals surface area contributed by atoms with Gasteiger partial charge in [0.25, 0.3) is 5.91 Å². The van der Waals surface area contributed by atoms with Crippen LogP contribution in [0.15, 0.2) is 48.5 Å². The van der Waals surface area contributed by atoms with Crippen LogP contribution < -0.4 is 5.32 Å². The van der Waals surface area contributed by atoms with Crippen molar-refractivity contribution in [1.29, 1.82) is 0 Å². The molecule has 0 saturated carbocycles. The average molecular weight is 362 g/mol. The fourth-order valence-electron chi connectivity index (χ4n) is 3.84. The van der Waals surface area contributed by atoms with Gasteiger partial charge in [0.15, 0.2) is 0 Å². The van der Waals surface area contributed by atoms with E-state index in [4.69, 9.17) is 0 Å². The summed E-state index contributed by atoms with van der Waals surface area (Å²) in [5.41, 5.74) is 2.81. The first-order chi connectivity index (χ1) is 13.1. The first-order valence-electron chi connectivity index (χ1n) is 9.60. The number of aryl methyl sites for hydroxylation is 2. The fraction of sp³-hybridized carbons (Fsp3) is 0.364. The highest BCUT2D eigenvalue weighted by molar-refractivity contribution is 5.92. The third kappa shape index (κ3) is 4.03. The van der Waals surface area contributed by atoms with E-state index in [1.165, 1.54) is 16.3 Å². The second-order valence-corrected chi connectivity index (χ2v) is 7.52. The van der Waals surface area contributed by atoms with E-state index in [9.17, 15) is 4.79 Å². The quantitative estimate of drug-likeness (QED) is 0.775. The molecule has 2 heterocycles. The minimum atomic E-state index is -0.0729. The van der Waals surface area contributed by atoms with Gasteiger partial charge < -0.3 is 5.32 Å². The molecule has 140 valence electrons. The molecule has 5 nitrogen and oxygen atoms in total. The van der Waals surface area contributed by atoms with Gasteiger partial charge in [0, 0.05) is 31.9 Å². The molecule has 2 aromatic carbocycles. The van der Waals surface area contributed by atoms with E-state index in [-0.39, 0.29) is 11.9 Å². The first kappa shape index (κ1) is 17.7. The molecule has 1 aliphatic heterocycles. The molecule has 4 rings (SSSR count). The van der Waals surface area contributed by atoms with E-state index >= 15 is 0 Å². The number of amides is 1. The normalized spacial score (nSPS) is 17.9. The molecule has 1 aliphatic rings. The van der Waals surface area contributed by atoms with Gasteiger partial charge in [-0.1, -0.05) is 36.4 Å². The van der Waals surface area contributed by atoms with Crippen molar-refractivity contribution in [1.82, 2.24) is 20.0 Å². The van der Waals surface area contributed by atoms with Crippen LogP contribution in [0.4, 0.5) is 0 Å². The van der Waals surface area contributed by atoms with Crippen molar-refractivity contribution in [3.05, 3.63) is 65.5 Å². The van der Waals surface area contributed by atoms with Crippen LogP contribution in [0.1, 0.15) is 34.6 Å². The van der Waals surface area contributed by atoms with Crippen LogP contribution in [0.3, 0.4) is 0 Å². The Morgan fingerprint density at radius 1 is 1.19 bits per heavy atom. The number of aromatic nitrogens is 2. The predicted octanol–water partition coefficient (Wildman–Crippen LogP) is 3.28. The number of nitrogens with one attached hydrogen (secondary N) is 1. The Balaban J connectivity index is 1.39. The topological polar surface area (TPSA) is 50.2 Å². The molecule has 1 fully saturated rings. The first-order valence-corrected chi connectivity index (χ1v) is 9.60. The summed E-state index contributed by atoms with van der Waals surface area (Å²) in [6, 6.07) is 17.1. The van der Waals surface area contributed by atoms with Gasteiger partial charge in [-0.05, 0) is 54.8 Å². The number of benzene rings is 2. The van der Waals surface area contributed by atoms with Crippen molar-refractivity contribution < 1.29 is 4.79 Å². The number of likely N-dealkylation sites (tertiary alicyclic amines) is 1. The Bertz CT molecular complexity index is 942. The lowest BCUT2D eigenvalue weighted by Crippen LogP contribution is -2.47. The van der Waals surface area contributed by atoms with Crippen LogP contribution in [0.5, 0.6) is 0 Å². The van der Waals surface area contributed by atoms with Gasteiger partial charge in [-0.25, -0.2) is 0 Å². The molecule has 1 N–H and O–H groups in total. The minimum absolute atomic E-state index is 0.0729. The maximum Gasteiger partial charge on any atom is 0.272 e. The van der Waals surface area contributed by atoms with Crippen LogP contribution in [0, 0.1) is 6.92 Å². The molecule has 0 aliphatic carbocycles. The molecule has 1 unspecified atom stereocenters. The number of hydrogen-bond donors (Lipinski definition) is 1.